The predicted octanol–water partition coefficient (Wildman–Crippen LogP) is 2.50. The first-order valence-electron chi connectivity index (χ1n) is 7.02. The topological polar surface area (TPSA) is 58.6 Å². The molecule has 0 saturated carbocycles. The van der Waals surface area contributed by atoms with Gasteiger partial charge in [-0.2, -0.15) is 0 Å². The van der Waals surface area contributed by atoms with Crippen LogP contribution in [0.5, 0.6) is 0 Å². The third-order valence-electron chi connectivity index (χ3n) is 3.38. The molecule has 2 aromatic rings. The summed E-state index contributed by atoms with van der Waals surface area (Å²) >= 11 is 0. The van der Waals surface area contributed by atoms with E-state index in [4.69, 9.17) is 4.74 Å². The number of hydrogen-bond acceptors (Lipinski definition) is 3. The van der Waals surface area contributed by atoms with E-state index in [1.54, 1.807) is 30.3 Å². The Balaban J connectivity index is 2.03. The number of aliphatic hydroxyl groups is 1. The number of ether oxygens (including phenoxy) is 1. The first-order chi connectivity index (χ1) is 11.0. The summed E-state index contributed by atoms with van der Waals surface area (Å²) in [6, 6.07) is 12.1. The lowest BCUT2D eigenvalue weighted by Crippen LogP contribution is -2.34. The average Bonchev–Trinajstić information content (AvgIpc) is 2.54. The van der Waals surface area contributed by atoms with Crippen molar-refractivity contribution in [2.24, 2.45) is 0 Å². The highest BCUT2D eigenvalue weighted by molar-refractivity contribution is 5.82. The third-order valence-corrected chi connectivity index (χ3v) is 3.38. The molecule has 0 aromatic heterocycles. The van der Waals surface area contributed by atoms with E-state index in [2.05, 4.69) is 5.32 Å². The molecule has 0 spiro atoms. The molecule has 0 unspecified atom stereocenters. The Morgan fingerprint density at radius 1 is 1.13 bits per heavy atom. The van der Waals surface area contributed by atoms with Crippen LogP contribution in [0.15, 0.2) is 48.5 Å². The smallest absolute Gasteiger partial charge is 0.253 e. The van der Waals surface area contributed by atoms with Gasteiger partial charge in [-0.05, 0) is 17.7 Å². The Labute approximate surface area is 132 Å². The van der Waals surface area contributed by atoms with Crippen molar-refractivity contribution in [3.63, 3.8) is 0 Å². The minimum atomic E-state index is -1.49. The van der Waals surface area contributed by atoms with Crippen molar-refractivity contribution in [2.75, 3.05) is 13.7 Å². The molecule has 2 rings (SSSR count). The van der Waals surface area contributed by atoms with Gasteiger partial charge in [-0.3, -0.25) is 4.79 Å². The van der Waals surface area contributed by atoms with Crippen molar-refractivity contribution in [3.8, 4) is 0 Å². The Hall–Kier alpha value is -2.31. The van der Waals surface area contributed by atoms with Crippen LogP contribution >= 0.6 is 0 Å². The molecule has 2 N–H and O–H groups in total. The Morgan fingerprint density at radius 2 is 1.74 bits per heavy atom. The predicted molar refractivity (Wildman–Crippen MR) is 80.5 cm³/mol. The zero-order valence-electron chi connectivity index (χ0n) is 12.5. The number of amides is 1. The molecular formula is C17H17F2NO3. The fourth-order valence-corrected chi connectivity index (χ4v) is 2.24. The number of benzene rings is 2. The lowest BCUT2D eigenvalue weighted by molar-refractivity contribution is -0.131. The molecular weight excluding hydrogens is 304 g/mol. The molecule has 0 radical (unpaired) electrons. The van der Waals surface area contributed by atoms with Crippen LogP contribution in [0.1, 0.15) is 23.3 Å². The van der Waals surface area contributed by atoms with E-state index in [9.17, 15) is 18.7 Å². The molecule has 1 amide bonds. The van der Waals surface area contributed by atoms with Gasteiger partial charge in [-0.25, -0.2) is 8.78 Å². The fourth-order valence-electron chi connectivity index (χ4n) is 2.24. The molecule has 0 bridgehead atoms. The maximum Gasteiger partial charge on any atom is 0.253 e. The maximum atomic E-state index is 13.6. The van der Waals surface area contributed by atoms with Crippen molar-refractivity contribution < 1.29 is 23.4 Å². The Kier molecular flexibility index (Phi) is 5.78. The van der Waals surface area contributed by atoms with Gasteiger partial charge in [0.2, 0.25) is 0 Å². The highest BCUT2D eigenvalue weighted by Gasteiger charge is 2.23. The van der Waals surface area contributed by atoms with Gasteiger partial charge in [0.1, 0.15) is 17.7 Å². The normalized spacial score (nSPS) is 13.4. The summed E-state index contributed by atoms with van der Waals surface area (Å²) in [5.41, 5.74) is 0.167. The van der Waals surface area contributed by atoms with Gasteiger partial charge in [0, 0.05) is 13.7 Å². The second kappa shape index (κ2) is 7.80. The van der Waals surface area contributed by atoms with Gasteiger partial charge < -0.3 is 15.2 Å². The minimum Gasteiger partial charge on any atom is -0.386 e. The number of halogens is 2. The number of hydrogen-bond donors (Lipinski definition) is 2. The zero-order valence-corrected chi connectivity index (χ0v) is 12.5. The van der Waals surface area contributed by atoms with Crippen LogP contribution in [-0.4, -0.2) is 24.7 Å². The molecule has 2 aromatic carbocycles. The van der Waals surface area contributed by atoms with E-state index in [0.717, 1.165) is 12.1 Å². The molecule has 0 heterocycles. The van der Waals surface area contributed by atoms with Gasteiger partial charge in [0.15, 0.2) is 6.10 Å². The lowest BCUT2D eigenvalue weighted by Gasteiger charge is -2.18. The fraction of sp³-hybridized carbons (Fsp3) is 0.235. The van der Waals surface area contributed by atoms with Crippen molar-refractivity contribution in [3.05, 3.63) is 71.3 Å². The van der Waals surface area contributed by atoms with Gasteiger partial charge in [0.05, 0.1) is 5.56 Å². The summed E-state index contributed by atoms with van der Waals surface area (Å²) in [5, 5.41) is 12.4. The highest BCUT2D eigenvalue weighted by Crippen LogP contribution is 2.21. The number of carbonyl (C=O) groups is 1. The van der Waals surface area contributed by atoms with Gasteiger partial charge >= 0.3 is 0 Å². The van der Waals surface area contributed by atoms with Crippen LogP contribution in [0.4, 0.5) is 8.78 Å². The molecule has 4 nitrogen and oxygen atoms in total. The van der Waals surface area contributed by atoms with Crippen LogP contribution in [0, 0.1) is 11.6 Å². The molecule has 23 heavy (non-hydrogen) atoms. The molecule has 0 aliphatic heterocycles. The monoisotopic (exact) mass is 321 g/mol. The molecule has 0 aliphatic carbocycles. The van der Waals surface area contributed by atoms with Crippen LogP contribution < -0.4 is 5.32 Å². The van der Waals surface area contributed by atoms with Crippen molar-refractivity contribution in [1.29, 1.82) is 0 Å². The summed E-state index contributed by atoms with van der Waals surface area (Å²) in [7, 11) is 1.38. The van der Waals surface area contributed by atoms with E-state index < -0.39 is 35.3 Å². The Morgan fingerprint density at radius 3 is 2.30 bits per heavy atom. The molecule has 0 fully saturated rings. The third kappa shape index (κ3) is 4.12. The molecule has 2 atom stereocenters. The van der Waals surface area contributed by atoms with E-state index >= 15 is 0 Å². The maximum absolute atomic E-state index is 13.6. The second-order valence-electron chi connectivity index (χ2n) is 4.92. The summed E-state index contributed by atoms with van der Waals surface area (Å²) in [5.74, 6) is -2.23. The van der Waals surface area contributed by atoms with E-state index in [-0.39, 0.29) is 6.54 Å². The van der Waals surface area contributed by atoms with E-state index in [1.807, 2.05) is 0 Å². The number of carbonyl (C=O) groups excluding carboxylic acids is 1. The highest BCUT2D eigenvalue weighted by atomic mass is 19.1. The van der Waals surface area contributed by atoms with Crippen LogP contribution in [0.3, 0.4) is 0 Å². The molecule has 6 heteroatoms. The molecule has 0 aliphatic rings. The van der Waals surface area contributed by atoms with Crippen molar-refractivity contribution in [1.82, 2.24) is 5.32 Å². The van der Waals surface area contributed by atoms with Crippen LogP contribution in [0.25, 0.3) is 0 Å². The van der Waals surface area contributed by atoms with Gasteiger partial charge in [-0.15, -0.1) is 0 Å². The number of aliphatic hydroxyl groups excluding tert-OH is 1. The SMILES string of the molecule is CO[C@@H](C(=O)NC[C@@H](O)c1c(F)cccc1F)c1ccccc1. The van der Waals surface area contributed by atoms with Gasteiger partial charge in [-0.1, -0.05) is 36.4 Å². The first kappa shape index (κ1) is 17.1. The summed E-state index contributed by atoms with van der Waals surface area (Å²) in [4.78, 5) is 12.1. The van der Waals surface area contributed by atoms with Crippen LogP contribution in [0.2, 0.25) is 0 Å². The lowest BCUT2D eigenvalue weighted by atomic mass is 10.1. The molecule has 122 valence electrons. The van der Waals surface area contributed by atoms with E-state index in [0.29, 0.717) is 5.56 Å². The number of methoxy groups -OCH3 is 1. The largest absolute Gasteiger partial charge is 0.386 e. The van der Waals surface area contributed by atoms with Crippen molar-refractivity contribution in [2.45, 2.75) is 12.2 Å². The average molecular weight is 321 g/mol. The Bertz CT molecular complexity index is 644. The summed E-state index contributed by atoms with van der Waals surface area (Å²) in [6.45, 7) is -0.330. The number of rotatable bonds is 6. The standard InChI is InChI=1S/C17H17F2NO3/c1-23-16(11-6-3-2-4-7-11)17(22)20-10-14(21)15-12(18)8-5-9-13(15)19/h2-9,14,16,21H,10H2,1H3,(H,20,22)/t14-,16-/m1/s1. The summed E-state index contributed by atoms with van der Waals surface area (Å²) in [6.07, 6.45) is -2.36. The van der Waals surface area contributed by atoms with E-state index in [1.165, 1.54) is 13.2 Å². The first-order valence-corrected chi connectivity index (χ1v) is 7.02. The van der Waals surface area contributed by atoms with Gasteiger partial charge in [0.25, 0.3) is 5.91 Å². The quantitative estimate of drug-likeness (QED) is 0.859. The van der Waals surface area contributed by atoms with Crippen molar-refractivity contribution >= 4 is 5.91 Å². The minimum absolute atomic E-state index is 0.330. The number of nitrogens with one attached hydrogen (secondary N) is 1. The summed E-state index contributed by atoms with van der Waals surface area (Å²) < 4.78 is 32.3. The zero-order chi connectivity index (χ0) is 16.8. The second-order valence-corrected chi connectivity index (χ2v) is 4.92. The van der Waals surface area contributed by atoms with Crippen LogP contribution in [-0.2, 0) is 9.53 Å². The molecule has 0 saturated heterocycles.